The summed E-state index contributed by atoms with van der Waals surface area (Å²) in [5, 5.41) is 40.9. The number of hydrogen-bond acceptors (Lipinski definition) is 7. The number of amides is 1. The van der Waals surface area contributed by atoms with E-state index < -0.39 is 30.6 Å². The molecule has 0 saturated carbocycles. The molecule has 0 spiro atoms. The van der Waals surface area contributed by atoms with Gasteiger partial charge in [0, 0.05) is 6.54 Å². The molecule has 0 fully saturated rings. The Morgan fingerprint density at radius 3 is 1.61 bits per heavy atom. The largest absolute Gasteiger partial charge is 0.390 e. The SMILES string of the molecule is CCCCCCCCCCCCCCCCCCNC(=O)C(O)C(O)C(O)CCOC(N)O. The minimum Gasteiger partial charge on any atom is -0.390 e. The summed E-state index contributed by atoms with van der Waals surface area (Å²) in [6.07, 6.45) is 14.2. The highest BCUT2D eigenvalue weighted by Gasteiger charge is 2.29. The van der Waals surface area contributed by atoms with Crippen LogP contribution in [0.4, 0.5) is 0 Å². The third-order valence-electron chi connectivity index (χ3n) is 6.02. The summed E-state index contributed by atoms with van der Waals surface area (Å²) < 4.78 is 4.65. The molecule has 0 aromatic carbocycles. The molecule has 8 heteroatoms. The van der Waals surface area contributed by atoms with Crippen LogP contribution >= 0.6 is 0 Å². The molecule has 33 heavy (non-hydrogen) atoms. The highest BCUT2D eigenvalue weighted by Crippen LogP contribution is 2.13. The van der Waals surface area contributed by atoms with Crippen molar-refractivity contribution in [2.75, 3.05) is 13.2 Å². The van der Waals surface area contributed by atoms with Crippen LogP contribution in [-0.4, -0.2) is 64.2 Å². The fraction of sp³-hybridized carbons (Fsp3) is 0.960. The number of aliphatic hydroxyl groups excluding tert-OH is 4. The Bertz CT molecular complexity index is 439. The van der Waals surface area contributed by atoms with Crippen molar-refractivity contribution in [1.82, 2.24) is 5.32 Å². The highest BCUT2D eigenvalue weighted by molar-refractivity contribution is 5.81. The zero-order valence-electron chi connectivity index (χ0n) is 20.9. The van der Waals surface area contributed by atoms with E-state index in [1.165, 1.54) is 83.5 Å². The van der Waals surface area contributed by atoms with E-state index in [0.717, 1.165) is 19.3 Å². The molecule has 0 aliphatic rings. The fourth-order valence-corrected chi connectivity index (χ4v) is 3.84. The number of nitrogens with two attached hydrogens (primary N) is 1. The lowest BCUT2D eigenvalue weighted by molar-refractivity contribution is -0.144. The minimum absolute atomic E-state index is 0.0705. The van der Waals surface area contributed by atoms with Crippen molar-refractivity contribution in [3.63, 3.8) is 0 Å². The summed E-state index contributed by atoms with van der Waals surface area (Å²) in [5.74, 6) is -0.706. The number of unbranched alkanes of at least 4 members (excludes halogenated alkanes) is 15. The van der Waals surface area contributed by atoms with Crippen LogP contribution in [-0.2, 0) is 9.53 Å². The van der Waals surface area contributed by atoms with E-state index >= 15 is 0 Å². The van der Waals surface area contributed by atoms with E-state index in [4.69, 9.17) is 10.8 Å². The maximum absolute atomic E-state index is 11.9. The second-order valence-electron chi connectivity index (χ2n) is 9.15. The summed E-state index contributed by atoms with van der Waals surface area (Å²) in [4.78, 5) is 11.9. The molecule has 0 aliphatic carbocycles. The van der Waals surface area contributed by atoms with Crippen molar-refractivity contribution in [3.8, 4) is 0 Å². The number of aliphatic hydroxyl groups is 4. The Morgan fingerprint density at radius 2 is 1.18 bits per heavy atom. The van der Waals surface area contributed by atoms with Gasteiger partial charge in [-0.15, -0.1) is 0 Å². The lowest BCUT2D eigenvalue weighted by atomic mass is 10.0. The van der Waals surface area contributed by atoms with Crippen LogP contribution in [0, 0.1) is 0 Å². The van der Waals surface area contributed by atoms with E-state index in [1.54, 1.807) is 0 Å². The van der Waals surface area contributed by atoms with Gasteiger partial charge in [0.2, 0.25) is 6.41 Å². The molecule has 0 aliphatic heterocycles. The number of carbonyl (C=O) groups is 1. The van der Waals surface area contributed by atoms with Crippen molar-refractivity contribution < 1.29 is 30.0 Å². The third-order valence-corrected chi connectivity index (χ3v) is 6.02. The summed E-state index contributed by atoms with van der Waals surface area (Å²) in [6, 6.07) is 0. The van der Waals surface area contributed by atoms with Crippen molar-refractivity contribution in [2.45, 2.75) is 141 Å². The van der Waals surface area contributed by atoms with Crippen LogP contribution in [0.15, 0.2) is 0 Å². The molecule has 4 unspecified atom stereocenters. The second kappa shape index (κ2) is 23.0. The van der Waals surface area contributed by atoms with E-state index in [1.807, 2.05) is 0 Å². The van der Waals surface area contributed by atoms with Gasteiger partial charge in [-0.1, -0.05) is 103 Å². The van der Waals surface area contributed by atoms with Gasteiger partial charge in [-0.3, -0.25) is 10.5 Å². The van der Waals surface area contributed by atoms with Crippen LogP contribution in [0.25, 0.3) is 0 Å². The molecular formula is C25H52N2O6. The topological polar surface area (TPSA) is 145 Å². The number of rotatable bonds is 24. The molecule has 0 bridgehead atoms. The Kier molecular flexibility index (Phi) is 22.5. The summed E-state index contributed by atoms with van der Waals surface area (Å²) >= 11 is 0. The van der Waals surface area contributed by atoms with Gasteiger partial charge in [0.25, 0.3) is 5.91 Å². The summed E-state index contributed by atoms with van der Waals surface area (Å²) in [5.41, 5.74) is 4.99. The maximum Gasteiger partial charge on any atom is 0.251 e. The zero-order valence-corrected chi connectivity index (χ0v) is 20.9. The molecule has 0 radical (unpaired) electrons. The van der Waals surface area contributed by atoms with Crippen LogP contribution in [0.1, 0.15) is 116 Å². The first-order chi connectivity index (χ1) is 15.9. The first-order valence-electron chi connectivity index (χ1n) is 13.3. The lowest BCUT2D eigenvalue weighted by Gasteiger charge is -2.22. The van der Waals surface area contributed by atoms with Crippen molar-refractivity contribution in [3.05, 3.63) is 0 Å². The van der Waals surface area contributed by atoms with Gasteiger partial charge in [0.1, 0.15) is 6.10 Å². The monoisotopic (exact) mass is 476 g/mol. The van der Waals surface area contributed by atoms with E-state index in [9.17, 15) is 20.1 Å². The second-order valence-corrected chi connectivity index (χ2v) is 9.15. The first kappa shape index (κ1) is 32.2. The number of nitrogens with one attached hydrogen (secondary N) is 1. The number of hydrogen-bond donors (Lipinski definition) is 6. The maximum atomic E-state index is 11.9. The van der Waals surface area contributed by atoms with Gasteiger partial charge >= 0.3 is 0 Å². The Balaban J connectivity index is 3.48. The molecule has 0 rings (SSSR count). The summed E-state index contributed by atoms with van der Waals surface area (Å²) in [6.45, 7) is 2.58. The molecule has 0 aromatic rings. The van der Waals surface area contributed by atoms with Crippen LogP contribution in [0.5, 0.6) is 0 Å². The van der Waals surface area contributed by atoms with Crippen LogP contribution in [0.2, 0.25) is 0 Å². The summed E-state index contributed by atoms with van der Waals surface area (Å²) in [7, 11) is 0. The Morgan fingerprint density at radius 1 is 0.758 bits per heavy atom. The number of carbonyl (C=O) groups excluding carboxylic acids is 1. The molecule has 0 aromatic heterocycles. The predicted molar refractivity (Wildman–Crippen MR) is 131 cm³/mol. The van der Waals surface area contributed by atoms with Gasteiger partial charge < -0.3 is 30.5 Å². The third kappa shape index (κ3) is 20.3. The van der Waals surface area contributed by atoms with E-state index in [2.05, 4.69) is 17.0 Å². The van der Waals surface area contributed by atoms with Gasteiger partial charge in [-0.25, -0.2) is 0 Å². The standard InChI is InChI=1S/C25H52N2O6/c1-2-3-4-5-6-7-8-9-10-11-12-13-14-15-16-17-19-27-24(31)23(30)22(29)21(28)18-20-33-25(26)32/h21-23,25,28-30,32H,2-20,26H2,1H3,(H,27,31). The molecule has 4 atom stereocenters. The average Bonchev–Trinajstić information content (AvgIpc) is 2.79. The van der Waals surface area contributed by atoms with Gasteiger partial charge in [-0.05, 0) is 12.8 Å². The number of ether oxygens (including phenoxy) is 1. The molecule has 0 heterocycles. The molecule has 7 N–H and O–H groups in total. The van der Waals surface area contributed by atoms with Gasteiger partial charge in [0.15, 0.2) is 6.10 Å². The van der Waals surface area contributed by atoms with Crippen molar-refractivity contribution >= 4 is 5.91 Å². The smallest absolute Gasteiger partial charge is 0.251 e. The Labute approximate surface area is 201 Å². The predicted octanol–water partition coefficient (Wildman–Crippen LogP) is 3.09. The molecule has 0 saturated heterocycles. The normalized spacial score (nSPS) is 15.2. The molecule has 1 amide bonds. The van der Waals surface area contributed by atoms with Crippen LogP contribution in [0.3, 0.4) is 0 Å². The van der Waals surface area contributed by atoms with Crippen LogP contribution < -0.4 is 11.1 Å². The van der Waals surface area contributed by atoms with E-state index in [0.29, 0.717) is 6.54 Å². The molecule has 8 nitrogen and oxygen atoms in total. The molecular weight excluding hydrogens is 424 g/mol. The highest BCUT2D eigenvalue weighted by atomic mass is 16.6. The van der Waals surface area contributed by atoms with Gasteiger partial charge in [0.05, 0.1) is 12.7 Å². The van der Waals surface area contributed by atoms with E-state index in [-0.39, 0.29) is 13.0 Å². The fourth-order valence-electron chi connectivity index (χ4n) is 3.84. The average molecular weight is 477 g/mol. The Hall–Kier alpha value is -0.770. The van der Waals surface area contributed by atoms with Crippen molar-refractivity contribution in [2.24, 2.45) is 5.73 Å². The zero-order chi connectivity index (χ0) is 24.7. The van der Waals surface area contributed by atoms with Crippen molar-refractivity contribution in [1.29, 1.82) is 0 Å². The lowest BCUT2D eigenvalue weighted by Crippen LogP contribution is -2.47. The first-order valence-corrected chi connectivity index (χ1v) is 13.3. The quantitative estimate of drug-likeness (QED) is 0.0927. The molecule has 198 valence electrons. The minimum atomic E-state index is -1.72. The van der Waals surface area contributed by atoms with Gasteiger partial charge in [-0.2, -0.15) is 0 Å².